The molecule has 2 nitrogen and oxygen atoms in total. The Kier molecular flexibility index (Phi) is 9.11. The molecule has 0 saturated carbocycles. The third-order valence-electron chi connectivity index (χ3n) is 13.8. The SMILES string of the molecule is Cc1ccc(N(c2ccc3ccccc3c2)c2ccc3c(c2)c2ccccc2c2cc4c5ccc(N(c6ccccc6)c6ccc(-c7ccccc7)cc6)cc5c5ccccc5c4cc32)cc1. The number of para-hydroxylation sites is 1. The van der Waals surface area contributed by atoms with E-state index >= 15 is 0 Å². The van der Waals surface area contributed by atoms with Crippen molar-refractivity contribution in [3.8, 4) is 11.1 Å². The molecule has 0 aromatic heterocycles. The number of benzene rings is 13. The standard InChI is InChI=1S/C65H44N2/c1-43-24-29-49(30-25-43)67(51-33-28-45-16-8-9-17-47(45)38-51)53-35-37-59-61(40-53)55-21-11-13-23-57(55)63-41-64-58-36-34-52(39-60(58)54-20-10-12-22-56(54)62(64)42-65(59)63)66(48-18-6-3-7-19-48)50-31-26-46(27-32-50)44-14-4-2-5-15-44/h2-42H,1H3. The van der Waals surface area contributed by atoms with Crippen molar-refractivity contribution in [1.29, 1.82) is 0 Å². The molecule has 0 aliphatic heterocycles. The highest BCUT2D eigenvalue weighted by atomic mass is 15.1. The average Bonchev–Trinajstić information content (AvgIpc) is 3.40. The van der Waals surface area contributed by atoms with Gasteiger partial charge >= 0.3 is 0 Å². The van der Waals surface area contributed by atoms with E-state index < -0.39 is 0 Å². The van der Waals surface area contributed by atoms with Crippen molar-refractivity contribution < 1.29 is 0 Å². The molecule has 0 N–H and O–H groups in total. The van der Waals surface area contributed by atoms with Crippen molar-refractivity contribution in [2.45, 2.75) is 6.92 Å². The smallest absolute Gasteiger partial charge is 0.0468 e. The minimum Gasteiger partial charge on any atom is -0.310 e. The quantitative estimate of drug-likeness (QED) is 0.116. The zero-order chi connectivity index (χ0) is 44.4. The van der Waals surface area contributed by atoms with Gasteiger partial charge in [0.05, 0.1) is 0 Å². The van der Waals surface area contributed by atoms with Gasteiger partial charge in [-0.1, -0.05) is 169 Å². The molecule has 0 atom stereocenters. The van der Waals surface area contributed by atoms with Crippen LogP contribution in [0.2, 0.25) is 0 Å². The Morgan fingerprint density at radius 1 is 0.209 bits per heavy atom. The van der Waals surface area contributed by atoms with E-state index in [1.54, 1.807) is 0 Å². The highest BCUT2D eigenvalue weighted by Crippen LogP contribution is 2.46. The van der Waals surface area contributed by atoms with Gasteiger partial charge in [0.25, 0.3) is 0 Å². The number of aryl methyl sites for hydroxylation is 1. The van der Waals surface area contributed by atoms with Crippen LogP contribution in [0.3, 0.4) is 0 Å². The first-order valence-corrected chi connectivity index (χ1v) is 23.2. The lowest BCUT2D eigenvalue weighted by molar-refractivity contribution is 1.29. The lowest BCUT2D eigenvalue weighted by Gasteiger charge is -2.27. The summed E-state index contributed by atoms with van der Waals surface area (Å²) in [6, 6.07) is 91.5. The maximum absolute atomic E-state index is 2.47. The topological polar surface area (TPSA) is 6.48 Å². The summed E-state index contributed by atoms with van der Waals surface area (Å²) in [6.07, 6.45) is 0. The highest BCUT2D eigenvalue weighted by molar-refractivity contribution is 6.33. The van der Waals surface area contributed by atoms with E-state index in [1.165, 1.54) is 92.1 Å². The average molecular weight is 853 g/mol. The van der Waals surface area contributed by atoms with Crippen LogP contribution in [0.1, 0.15) is 5.56 Å². The third kappa shape index (κ3) is 6.57. The Hall–Kier alpha value is -8.72. The first-order chi connectivity index (χ1) is 33.1. The van der Waals surface area contributed by atoms with Crippen molar-refractivity contribution in [1.82, 2.24) is 0 Å². The number of nitrogens with zero attached hydrogens (tertiary/aromatic N) is 2. The van der Waals surface area contributed by atoms with Crippen LogP contribution in [-0.4, -0.2) is 0 Å². The van der Waals surface area contributed by atoms with Crippen LogP contribution >= 0.6 is 0 Å². The van der Waals surface area contributed by atoms with Crippen molar-refractivity contribution in [3.63, 3.8) is 0 Å². The second-order valence-corrected chi connectivity index (χ2v) is 17.8. The van der Waals surface area contributed by atoms with Crippen LogP contribution in [0.5, 0.6) is 0 Å². The van der Waals surface area contributed by atoms with Crippen LogP contribution in [0.4, 0.5) is 34.1 Å². The van der Waals surface area contributed by atoms with Crippen molar-refractivity contribution in [3.05, 3.63) is 254 Å². The molecule has 13 rings (SSSR count). The van der Waals surface area contributed by atoms with Crippen LogP contribution in [0.15, 0.2) is 249 Å². The Bertz CT molecular complexity index is 4030. The Morgan fingerprint density at radius 2 is 0.552 bits per heavy atom. The molecule has 13 aromatic rings. The molecule has 0 aliphatic carbocycles. The molecule has 0 spiro atoms. The Balaban J connectivity index is 1.01. The van der Waals surface area contributed by atoms with Gasteiger partial charge in [0, 0.05) is 34.1 Å². The molecule has 0 bridgehead atoms. The van der Waals surface area contributed by atoms with Gasteiger partial charge in [-0.15, -0.1) is 0 Å². The largest absolute Gasteiger partial charge is 0.310 e. The zero-order valence-electron chi connectivity index (χ0n) is 37.1. The number of hydrogen-bond acceptors (Lipinski definition) is 2. The fraction of sp³-hybridized carbons (Fsp3) is 0.0154. The minimum atomic E-state index is 1.11. The van der Waals surface area contributed by atoms with E-state index in [2.05, 4.69) is 265 Å². The van der Waals surface area contributed by atoms with Gasteiger partial charge in [0.2, 0.25) is 0 Å². The van der Waals surface area contributed by atoms with Gasteiger partial charge in [-0.2, -0.15) is 0 Å². The summed E-state index contributed by atoms with van der Waals surface area (Å²) >= 11 is 0. The van der Waals surface area contributed by atoms with E-state index in [1.807, 2.05) is 0 Å². The molecule has 67 heavy (non-hydrogen) atoms. The third-order valence-corrected chi connectivity index (χ3v) is 13.8. The summed E-state index contributed by atoms with van der Waals surface area (Å²) in [7, 11) is 0. The molecule has 0 unspecified atom stereocenters. The first-order valence-electron chi connectivity index (χ1n) is 23.2. The monoisotopic (exact) mass is 852 g/mol. The summed E-state index contributed by atoms with van der Waals surface area (Å²) in [5.74, 6) is 0. The summed E-state index contributed by atoms with van der Waals surface area (Å²) in [4.78, 5) is 4.78. The second-order valence-electron chi connectivity index (χ2n) is 17.8. The molecular weight excluding hydrogens is 809 g/mol. The summed E-state index contributed by atoms with van der Waals surface area (Å²) in [6.45, 7) is 2.15. The molecule has 0 fully saturated rings. The molecule has 0 saturated heterocycles. The maximum Gasteiger partial charge on any atom is 0.0468 e. The molecule has 314 valence electrons. The van der Waals surface area contributed by atoms with Crippen LogP contribution in [-0.2, 0) is 0 Å². The van der Waals surface area contributed by atoms with Gasteiger partial charge in [0.1, 0.15) is 0 Å². The predicted molar refractivity (Wildman–Crippen MR) is 289 cm³/mol. The van der Waals surface area contributed by atoms with Crippen LogP contribution < -0.4 is 9.80 Å². The van der Waals surface area contributed by atoms with Gasteiger partial charge in [-0.05, 0) is 178 Å². The van der Waals surface area contributed by atoms with E-state index in [9.17, 15) is 0 Å². The molecule has 0 aliphatic rings. The number of anilines is 6. The predicted octanol–water partition coefficient (Wildman–Crippen LogP) is 18.7. The zero-order valence-corrected chi connectivity index (χ0v) is 37.1. The Morgan fingerprint density at radius 3 is 1.09 bits per heavy atom. The van der Waals surface area contributed by atoms with Crippen molar-refractivity contribution >= 4 is 110 Å². The van der Waals surface area contributed by atoms with E-state index in [4.69, 9.17) is 0 Å². The molecule has 0 amide bonds. The summed E-state index contributed by atoms with van der Waals surface area (Å²) in [5, 5.41) is 17.5. The highest BCUT2D eigenvalue weighted by Gasteiger charge is 2.20. The number of fused-ring (bicyclic) bond motifs is 13. The van der Waals surface area contributed by atoms with E-state index in [0.717, 1.165) is 34.1 Å². The first kappa shape index (κ1) is 38.7. The number of hydrogen-bond donors (Lipinski definition) is 0. The van der Waals surface area contributed by atoms with Crippen LogP contribution in [0.25, 0.3) is 86.5 Å². The molecule has 0 heterocycles. The fourth-order valence-electron chi connectivity index (χ4n) is 10.6. The van der Waals surface area contributed by atoms with E-state index in [-0.39, 0.29) is 0 Å². The summed E-state index contributed by atoms with van der Waals surface area (Å²) in [5.41, 5.74) is 10.4. The normalized spacial score (nSPS) is 11.7. The fourth-order valence-corrected chi connectivity index (χ4v) is 10.6. The lowest BCUT2D eigenvalue weighted by atomic mass is 9.88. The lowest BCUT2D eigenvalue weighted by Crippen LogP contribution is -2.10. The van der Waals surface area contributed by atoms with Gasteiger partial charge < -0.3 is 9.80 Å². The maximum atomic E-state index is 2.47. The van der Waals surface area contributed by atoms with Crippen molar-refractivity contribution in [2.75, 3.05) is 9.80 Å². The summed E-state index contributed by atoms with van der Waals surface area (Å²) < 4.78 is 0. The van der Waals surface area contributed by atoms with Gasteiger partial charge in [-0.3, -0.25) is 0 Å². The molecular formula is C65H44N2. The van der Waals surface area contributed by atoms with Gasteiger partial charge in [-0.25, -0.2) is 0 Å². The molecule has 13 aromatic carbocycles. The van der Waals surface area contributed by atoms with Crippen LogP contribution in [0, 0.1) is 6.92 Å². The molecule has 0 radical (unpaired) electrons. The molecule has 2 heteroatoms. The minimum absolute atomic E-state index is 1.11. The van der Waals surface area contributed by atoms with Crippen molar-refractivity contribution in [2.24, 2.45) is 0 Å². The second kappa shape index (κ2) is 15.8. The van der Waals surface area contributed by atoms with E-state index in [0.29, 0.717) is 0 Å². The Labute approximate surface area is 389 Å². The number of rotatable bonds is 7. The van der Waals surface area contributed by atoms with Gasteiger partial charge in [0.15, 0.2) is 0 Å².